The molecule has 7 aromatic carbocycles. The Balaban J connectivity index is 0.939. The molecule has 0 bridgehead atoms. The molecule has 2 aromatic heterocycles. The molecule has 272 valence electrons. The summed E-state index contributed by atoms with van der Waals surface area (Å²) >= 11 is 0. The number of fused-ring (bicyclic) bond motifs is 9. The lowest BCUT2D eigenvalue weighted by Gasteiger charge is -2.32. The van der Waals surface area contributed by atoms with E-state index in [0.29, 0.717) is 0 Å². The number of nitrogens with zero attached hydrogens (tertiary/aromatic N) is 2. The SMILES string of the molecule is C1=CC2c3cc(-c4cccc5c4oc4c(C6=NC(c7ccccc7)NC(c7ccccc7)N6)cccc45)ccc3OC2C(n2c3ccccc3c3ccccc32)=C1. The van der Waals surface area contributed by atoms with Gasteiger partial charge in [0.1, 0.15) is 41.2 Å². The molecule has 0 saturated heterocycles. The summed E-state index contributed by atoms with van der Waals surface area (Å²) in [4.78, 5) is 5.24. The number of rotatable bonds is 5. The molecule has 0 amide bonds. The molecule has 0 fully saturated rings. The van der Waals surface area contributed by atoms with Crippen molar-refractivity contribution in [1.29, 1.82) is 0 Å². The maximum Gasteiger partial charge on any atom is 0.149 e. The minimum absolute atomic E-state index is 0.0699. The number of hydrogen-bond acceptors (Lipinski definition) is 5. The number of furan rings is 1. The van der Waals surface area contributed by atoms with Crippen molar-refractivity contribution in [1.82, 2.24) is 15.2 Å². The maximum absolute atomic E-state index is 6.98. The summed E-state index contributed by atoms with van der Waals surface area (Å²) in [6.07, 6.45) is 6.15. The van der Waals surface area contributed by atoms with E-state index < -0.39 is 0 Å². The fourth-order valence-electron chi connectivity index (χ4n) is 9.23. The summed E-state index contributed by atoms with van der Waals surface area (Å²) < 4.78 is 16.2. The van der Waals surface area contributed by atoms with E-state index in [1.165, 1.54) is 27.4 Å². The summed E-state index contributed by atoms with van der Waals surface area (Å²) in [7, 11) is 0. The quantitative estimate of drug-likeness (QED) is 0.185. The fraction of sp³-hybridized carbons (Fsp3) is 0.0784. The molecule has 4 unspecified atom stereocenters. The number of ether oxygens (including phenoxy) is 1. The Labute approximate surface area is 329 Å². The molecule has 6 heteroatoms. The van der Waals surface area contributed by atoms with E-state index in [-0.39, 0.29) is 24.4 Å². The second kappa shape index (κ2) is 12.7. The van der Waals surface area contributed by atoms with Gasteiger partial charge in [0.05, 0.1) is 22.3 Å². The van der Waals surface area contributed by atoms with Gasteiger partial charge >= 0.3 is 0 Å². The van der Waals surface area contributed by atoms with E-state index in [9.17, 15) is 0 Å². The lowest BCUT2D eigenvalue weighted by atomic mass is 9.88. The van der Waals surface area contributed by atoms with Crippen molar-refractivity contribution in [2.24, 2.45) is 4.99 Å². The maximum atomic E-state index is 6.98. The molecule has 57 heavy (non-hydrogen) atoms. The van der Waals surface area contributed by atoms with Crippen LogP contribution >= 0.6 is 0 Å². The van der Waals surface area contributed by atoms with Gasteiger partial charge in [-0.15, -0.1) is 0 Å². The van der Waals surface area contributed by atoms with Crippen LogP contribution in [0, 0.1) is 0 Å². The van der Waals surface area contributed by atoms with Crippen molar-refractivity contribution in [2.45, 2.75) is 24.4 Å². The summed E-state index contributed by atoms with van der Waals surface area (Å²) in [5.41, 5.74) is 11.7. The number of benzene rings is 7. The number of para-hydroxylation sites is 4. The van der Waals surface area contributed by atoms with E-state index in [1.54, 1.807) is 0 Å². The van der Waals surface area contributed by atoms with Gasteiger partial charge in [0.2, 0.25) is 0 Å². The summed E-state index contributed by atoms with van der Waals surface area (Å²) in [6.45, 7) is 0. The van der Waals surface area contributed by atoms with Gasteiger partial charge < -0.3 is 19.0 Å². The number of nitrogens with one attached hydrogen (secondary N) is 2. The zero-order chi connectivity index (χ0) is 37.5. The van der Waals surface area contributed by atoms with Gasteiger partial charge in [-0.3, -0.25) is 5.32 Å². The van der Waals surface area contributed by atoms with Crippen LogP contribution in [-0.2, 0) is 0 Å². The topological polar surface area (TPSA) is 63.7 Å². The monoisotopic (exact) mass is 736 g/mol. The van der Waals surface area contributed by atoms with Crippen LogP contribution in [0.2, 0.25) is 0 Å². The highest BCUT2D eigenvalue weighted by Crippen LogP contribution is 2.48. The average Bonchev–Trinajstić information content (AvgIpc) is 3.96. The molecule has 1 aliphatic carbocycles. The van der Waals surface area contributed by atoms with Crippen molar-refractivity contribution in [3.05, 3.63) is 204 Å². The van der Waals surface area contributed by atoms with Crippen LogP contribution < -0.4 is 15.4 Å². The lowest BCUT2D eigenvalue weighted by molar-refractivity contribution is 0.272. The molecule has 2 aliphatic heterocycles. The molecule has 9 aromatic rings. The fourth-order valence-corrected chi connectivity index (χ4v) is 9.23. The molecule has 3 aliphatic rings. The van der Waals surface area contributed by atoms with Crippen molar-refractivity contribution < 1.29 is 9.15 Å². The largest absolute Gasteiger partial charge is 0.483 e. The van der Waals surface area contributed by atoms with Crippen LogP contribution in [0.5, 0.6) is 5.75 Å². The Hall–Kier alpha value is -7.15. The van der Waals surface area contributed by atoms with E-state index in [4.69, 9.17) is 14.1 Å². The minimum Gasteiger partial charge on any atom is -0.483 e. The highest BCUT2D eigenvalue weighted by molar-refractivity contribution is 6.17. The molecule has 0 saturated carbocycles. The number of allylic oxidation sites excluding steroid dienone is 2. The molecule has 4 atom stereocenters. The van der Waals surface area contributed by atoms with Gasteiger partial charge in [0, 0.05) is 38.6 Å². The van der Waals surface area contributed by atoms with Gasteiger partial charge in [0.15, 0.2) is 0 Å². The van der Waals surface area contributed by atoms with Crippen molar-refractivity contribution >= 4 is 55.3 Å². The zero-order valence-electron chi connectivity index (χ0n) is 30.8. The van der Waals surface area contributed by atoms with Crippen LogP contribution in [0.1, 0.15) is 40.5 Å². The average molecular weight is 737 g/mol. The van der Waals surface area contributed by atoms with Gasteiger partial charge in [-0.1, -0.05) is 146 Å². The highest BCUT2D eigenvalue weighted by atomic mass is 16.5. The van der Waals surface area contributed by atoms with E-state index in [1.807, 2.05) is 12.1 Å². The Bertz CT molecular complexity index is 3080. The van der Waals surface area contributed by atoms with Gasteiger partial charge in [-0.2, -0.15) is 0 Å². The summed E-state index contributed by atoms with van der Waals surface area (Å²) in [5, 5.41) is 12.0. The van der Waals surface area contributed by atoms with E-state index >= 15 is 0 Å². The number of aromatic nitrogens is 1. The molecule has 4 heterocycles. The second-order valence-electron chi connectivity index (χ2n) is 15.1. The van der Waals surface area contributed by atoms with Crippen LogP contribution in [0.4, 0.5) is 0 Å². The number of amidine groups is 1. The molecule has 2 N–H and O–H groups in total. The van der Waals surface area contributed by atoms with Crippen molar-refractivity contribution in [3.8, 4) is 16.9 Å². The van der Waals surface area contributed by atoms with Crippen LogP contribution in [0.15, 0.2) is 191 Å². The second-order valence-corrected chi connectivity index (χ2v) is 15.1. The minimum atomic E-state index is -0.237. The first kappa shape index (κ1) is 32.1. The predicted molar refractivity (Wildman–Crippen MR) is 230 cm³/mol. The van der Waals surface area contributed by atoms with Gasteiger partial charge in [-0.25, -0.2) is 4.99 Å². The van der Waals surface area contributed by atoms with Gasteiger partial charge in [0.25, 0.3) is 0 Å². The lowest BCUT2D eigenvalue weighted by Crippen LogP contribution is -2.45. The predicted octanol–water partition coefficient (Wildman–Crippen LogP) is 11.7. The molecular weight excluding hydrogens is 701 g/mol. The Morgan fingerprint density at radius 1 is 0.579 bits per heavy atom. The third-order valence-corrected chi connectivity index (χ3v) is 11.9. The smallest absolute Gasteiger partial charge is 0.149 e. The van der Waals surface area contributed by atoms with E-state index in [0.717, 1.165) is 67.0 Å². The van der Waals surface area contributed by atoms with Crippen LogP contribution in [0.25, 0.3) is 60.6 Å². The molecule has 6 nitrogen and oxygen atoms in total. The Morgan fingerprint density at radius 3 is 1.95 bits per heavy atom. The molecule has 12 rings (SSSR count). The summed E-state index contributed by atoms with van der Waals surface area (Å²) in [6, 6.07) is 57.6. The van der Waals surface area contributed by atoms with Gasteiger partial charge in [-0.05, 0) is 53.1 Å². The third-order valence-electron chi connectivity index (χ3n) is 11.9. The molecule has 0 spiro atoms. The standard InChI is InChI=1S/C51H36N4O2/c1-3-14-31(15-4-1)49-52-50(32-16-5-2-6-17-32)54-51(53-49)40-24-12-22-38-37-21-11-20-34(46(37)57-47(38)40)33-28-29-45-41(30-33)39-23-13-27-44(48(39)56-45)55-42-25-9-7-18-35(42)36-19-8-10-26-43(36)55/h1-30,39,48-50,52H,(H,53,54). The first-order chi connectivity index (χ1) is 28.3. The van der Waals surface area contributed by atoms with Crippen LogP contribution in [0.3, 0.4) is 0 Å². The highest BCUT2D eigenvalue weighted by Gasteiger charge is 2.38. The van der Waals surface area contributed by atoms with E-state index in [2.05, 4.69) is 185 Å². The normalized spacial score (nSPS) is 19.9. The first-order valence-corrected chi connectivity index (χ1v) is 19.6. The van der Waals surface area contributed by atoms with Crippen molar-refractivity contribution in [2.75, 3.05) is 0 Å². The molecular formula is C51H36N4O2. The van der Waals surface area contributed by atoms with Crippen LogP contribution in [-0.4, -0.2) is 16.5 Å². The summed E-state index contributed by atoms with van der Waals surface area (Å²) in [5.74, 6) is 1.78. The zero-order valence-corrected chi connectivity index (χ0v) is 30.8. The number of hydrogen-bond donors (Lipinski definition) is 2. The Kier molecular flexibility index (Phi) is 7.16. The molecule has 0 radical (unpaired) electrons. The van der Waals surface area contributed by atoms with Crippen molar-refractivity contribution in [3.63, 3.8) is 0 Å². The Morgan fingerprint density at radius 2 is 1.21 bits per heavy atom. The first-order valence-electron chi connectivity index (χ1n) is 19.6. The third kappa shape index (κ3) is 5.04. The number of aliphatic imine (C=N–C) groups is 1.